The minimum absolute atomic E-state index is 0.129. The number of anilines is 1. The van der Waals surface area contributed by atoms with Gasteiger partial charge in [0.15, 0.2) is 0 Å². The molecule has 0 radical (unpaired) electrons. The van der Waals surface area contributed by atoms with Gasteiger partial charge in [-0.1, -0.05) is 30.3 Å². The number of rotatable bonds is 4. The lowest BCUT2D eigenvalue weighted by atomic mass is 10.2. The van der Waals surface area contributed by atoms with Crippen LogP contribution in [0.25, 0.3) is 22.4 Å². The number of imidazole rings is 1. The monoisotopic (exact) mass is 417 g/mol. The quantitative estimate of drug-likeness (QED) is 0.472. The molecule has 0 aliphatic heterocycles. The van der Waals surface area contributed by atoms with Crippen LogP contribution < -0.4 is 4.72 Å². The fourth-order valence-electron chi connectivity index (χ4n) is 2.42. The van der Waals surface area contributed by atoms with Crippen molar-refractivity contribution in [1.82, 2.24) is 20.2 Å². The van der Waals surface area contributed by atoms with Crippen LogP contribution in [0.4, 0.5) is 5.82 Å². The zero-order valence-electron chi connectivity index (χ0n) is 12.7. The van der Waals surface area contributed by atoms with Gasteiger partial charge in [-0.2, -0.15) is 5.10 Å². The van der Waals surface area contributed by atoms with Crippen LogP contribution in [-0.2, 0) is 10.0 Å². The molecule has 2 aromatic carbocycles. The van der Waals surface area contributed by atoms with Gasteiger partial charge in [0.1, 0.15) is 11.6 Å². The topological polar surface area (TPSA) is 104 Å². The lowest BCUT2D eigenvalue weighted by molar-refractivity contribution is 0.601. The molecule has 7 nitrogen and oxygen atoms in total. The molecule has 4 rings (SSSR count). The molecule has 9 heteroatoms. The second-order valence-corrected chi connectivity index (χ2v) is 7.87. The number of benzene rings is 2. The van der Waals surface area contributed by atoms with Gasteiger partial charge in [0.2, 0.25) is 0 Å². The zero-order valence-corrected chi connectivity index (χ0v) is 15.1. The summed E-state index contributed by atoms with van der Waals surface area (Å²) in [6.07, 6.45) is 1.47. The summed E-state index contributed by atoms with van der Waals surface area (Å²) in [6.45, 7) is 0. The number of halogens is 1. The minimum Gasteiger partial charge on any atom is -0.338 e. The smallest absolute Gasteiger partial charge is 0.263 e. The molecule has 0 saturated carbocycles. The molecule has 0 amide bonds. The number of fused-ring (bicyclic) bond motifs is 1. The Balaban J connectivity index is 1.72. The summed E-state index contributed by atoms with van der Waals surface area (Å²) in [5.41, 5.74) is 2.27. The highest BCUT2D eigenvalue weighted by molar-refractivity contribution is 9.10. The Morgan fingerprint density at radius 2 is 1.88 bits per heavy atom. The summed E-state index contributed by atoms with van der Waals surface area (Å²) < 4.78 is 28.1. The van der Waals surface area contributed by atoms with E-state index in [2.05, 4.69) is 40.8 Å². The van der Waals surface area contributed by atoms with Crippen molar-refractivity contribution in [1.29, 1.82) is 0 Å². The number of nitrogens with one attached hydrogen (secondary N) is 3. The van der Waals surface area contributed by atoms with E-state index in [9.17, 15) is 8.42 Å². The van der Waals surface area contributed by atoms with E-state index in [0.29, 0.717) is 21.3 Å². The van der Waals surface area contributed by atoms with E-state index in [1.807, 2.05) is 30.3 Å². The molecule has 0 aliphatic carbocycles. The van der Waals surface area contributed by atoms with Gasteiger partial charge in [0.05, 0.1) is 26.6 Å². The molecule has 25 heavy (non-hydrogen) atoms. The fraction of sp³-hybridized carbons (Fsp3) is 0. The average Bonchev–Trinajstić information content (AvgIpc) is 3.21. The van der Waals surface area contributed by atoms with Crippen LogP contribution in [0, 0.1) is 0 Å². The van der Waals surface area contributed by atoms with Gasteiger partial charge in [-0.3, -0.25) is 9.82 Å². The molecule has 4 aromatic rings. The number of hydrogen-bond donors (Lipinski definition) is 3. The van der Waals surface area contributed by atoms with Crippen LogP contribution >= 0.6 is 15.9 Å². The van der Waals surface area contributed by atoms with Crippen LogP contribution in [0.3, 0.4) is 0 Å². The first kappa shape index (κ1) is 15.9. The number of H-pyrrole nitrogens is 2. The first-order chi connectivity index (χ1) is 12.0. The van der Waals surface area contributed by atoms with E-state index >= 15 is 0 Å². The maximum absolute atomic E-state index is 12.6. The molecule has 3 N–H and O–H groups in total. The Morgan fingerprint density at radius 1 is 1.08 bits per heavy atom. The van der Waals surface area contributed by atoms with E-state index < -0.39 is 10.0 Å². The van der Waals surface area contributed by atoms with E-state index in [1.165, 1.54) is 12.3 Å². The summed E-state index contributed by atoms with van der Waals surface area (Å²) >= 11 is 3.22. The molecule has 0 aliphatic rings. The van der Waals surface area contributed by atoms with Crippen LogP contribution in [0.5, 0.6) is 0 Å². The largest absolute Gasteiger partial charge is 0.338 e. The van der Waals surface area contributed by atoms with E-state index in [1.54, 1.807) is 12.1 Å². The molecule has 2 aromatic heterocycles. The summed E-state index contributed by atoms with van der Waals surface area (Å²) in [6, 6.07) is 14.4. The summed E-state index contributed by atoms with van der Waals surface area (Å²) in [7, 11) is -3.75. The molecule has 0 bridgehead atoms. The van der Waals surface area contributed by atoms with Crippen molar-refractivity contribution in [2.45, 2.75) is 4.90 Å². The predicted molar refractivity (Wildman–Crippen MR) is 98.6 cm³/mol. The van der Waals surface area contributed by atoms with Crippen LogP contribution in [0.15, 0.2) is 64.1 Å². The Labute approximate surface area is 151 Å². The van der Waals surface area contributed by atoms with Crippen LogP contribution in [0.1, 0.15) is 0 Å². The molecule has 0 saturated heterocycles. The molecule has 0 atom stereocenters. The Hall–Kier alpha value is -2.65. The van der Waals surface area contributed by atoms with E-state index in [-0.39, 0.29) is 10.7 Å². The number of aromatic nitrogens is 4. The Morgan fingerprint density at radius 3 is 2.60 bits per heavy atom. The average molecular weight is 418 g/mol. The summed E-state index contributed by atoms with van der Waals surface area (Å²) in [5.74, 6) is 0.962. The van der Waals surface area contributed by atoms with Gasteiger partial charge >= 0.3 is 0 Å². The fourth-order valence-corrected chi connectivity index (χ4v) is 3.91. The number of aromatic amines is 2. The van der Waals surface area contributed by atoms with Crippen molar-refractivity contribution in [3.05, 3.63) is 59.2 Å². The molecule has 0 unspecified atom stereocenters. The van der Waals surface area contributed by atoms with Gasteiger partial charge in [-0.15, -0.1) is 0 Å². The second kappa shape index (κ2) is 6.01. The lowest BCUT2D eigenvalue weighted by Gasteiger charge is -2.06. The van der Waals surface area contributed by atoms with Gasteiger partial charge in [-0.05, 0) is 34.1 Å². The van der Waals surface area contributed by atoms with Crippen molar-refractivity contribution in [3.63, 3.8) is 0 Å². The lowest BCUT2D eigenvalue weighted by Crippen LogP contribution is -2.13. The van der Waals surface area contributed by atoms with Crippen molar-refractivity contribution in [2.75, 3.05) is 4.72 Å². The number of hydrogen-bond acceptors (Lipinski definition) is 4. The third kappa shape index (κ3) is 3.03. The molecular formula is C16H12BrN5O2S. The SMILES string of the molecule is O=S(=O)(Nc1[nH]ncc1Br)c1ccc2nc(-c3ccccc3)[nH]c2c1. The predicted octanol–water partition coefficient (Wildman–Crippen LogP) is 3.52. The first-order valence-electron chi connectivity index (χ1n) is 7.30. The van der Waals surface area contributed by atoms with Gasteiger partial charge in [0, 0.05) is 5.56 Å². The van der Waals surface area contributed by atoms with Crippen molar-refractivity contribution < 1.29 is 8.42 Å². The van der Waals surface area contributed by atoms with Gasteiger partial charge in [-0.25, -0.2) is 13.4 Å². The highest BCUT2D eigenvalue weighted by Gasteiger charge is 2.18. The number of sulfonamides is 1. The van der Waals surface area contributed by atoms with Crippen molar-refractivity contribution in [3.8, 4) is 11.4 Å². The van der Waals surface area contributed by atoms with E-state index in [4.69, 9.17) is 0 Å². The molecular weight excluding hydrogens is 406 g/mol. The molecule has 0 spiro atoms. The normalized spacial score (nSPS) is 11.7. The van der Waals surface area contributed by atoms with E-state index in [0.717, 1.165) is 5.56 Å². The maximum atomic E-state index is 12.6. The minimum atomic E-state index is -3.75. The third-order valence-electron chi connectivity index (χ3n) is 3.64. The summed E-state index contributed by atoms with van der Waals surface area (Å²) in [5, 5.41) is 6.36. The van der Waals surface area contributed by atoms with Crippen molar-refractivity contribution >= 4 is 42.8 Å². The van der Waals surface area contributed by atoms with Crippen LogP contribution in [-0.4, -0.2) is 28.6 Å². The second-order valence-electron chi connectivity index (χ2n) is 5.33. The standard InChI is InChI=1S/C16H12BrN5O2S/c17-12-9-18-21-16(12)22-25(23,24)11-6-7-13-14(8-11)20-15(19-13)10-4-2-1-3-5-10/h1-9H,(H,19,20)(H2,18,21,22). The molecule has 0 fully saturated rings. The Bertz CT molecular complexity index is 1150. The highest BCUT2D eigenvalue weighted by Crippen LogP contribution is 2.25. The first-order valence-corrected chi connectivity index (χ1v) is 9.57. The highest BCUT2D eigenvalue weighted by atomic mass is 79.9. The summed E-state index contributed by atoms with van der Waals surface area (Å²) in [4.78, 5) is 7.79. The van der Waals surface area contributed by atoms with Gasteiger partial charge in [0.25, 0.3) is 10.0 Å². The zero-order chi connectivity index (χ0) is 17.4. The molecule has 2 heterocycles. The van der Waals surface area contributed by atoms with Crippen LogP contribution in [0.2, 0.25) is 0 Å². The maximum Gasteiger partial charge on any atom is 0.263 e. The Kier molecular flexibility index (Phi) is 3.81. The number of nitrogens with zero attached hydrogens (tertiary/aromatic N) is 2. The third-order valence-corrected chi connectivity index (χ3v) is 5.59. The van der Waals surface area contributed by atoms with Gasteiger partial charge < -0.3 is 4.98 Å². The van der Waals surface area contributed by atoms with Crippen molar-refractivity contribution in [2.24, 2.45) is 0 Å². The molecule has 126 valence electrons.